The summed E-state index contributed by atoms with van der Waals surface area (Å²) in [5.74, 6) is 0. The van der Waals surface area contributed by atoms with E-state index in [1.54, 1.807) is 0 Å². The Hall–Kier alpha value is -14.1. The molecule has 8 aromatic heterocycles. The van der Waals surface area contributed by atoms with Crippen molar-refractivity contribution in [3.05, 3.63) is 388 Å². The molecule has 24 aromatic rings. The number of hydrogen-bond acceptors (Lipinski definition) is 0. The summed E-state index contributed by atoms with van der Waals surface area (Å²) in [6.45, 7) is 0. The molecule has 8 nitrogen and oxygen atoms in total. The number of nitrogens with zero attached hydrogens (tertiary/aromatic N) is 8. The van der Waals surface area contributed by atoms with E-state index in [0.717, 1.165) is 0 Å². The van der Waals surface area contributed by atoms with Crippen molar-refractivity contribution in [1.82, 2.24) is 36.5 Å². The second-order valence-electron chi connectivity index (χ2n) is 28.7. The molecule has 8 heteroatoms. The first-order chi connectivity index (χ1) is 55.0. The van der Waals surface area contributed by atoms with E-state index in [4.69, 9.17) is 0 Å². The highest BCUT2D eigenvalue weighted by Crippen LogP contribution is 2.35. The Kier molecular flexibility index (Phi) is 19.5. The second kappa shape index (κ2) is 30.9. The van der Waals surface area contributed by atoms with Crippen molar-refractivity contribution in [2.24, 2.45) is 56.4 Å². The molecule has 24 rings (SSSR count). The van der Waals surface area contributed by atoms with Crippen molar-refractivity contribution in [1.29, 1.82) is 0 Å². The maximum absolute atomic E-state index is 2.24. The topological polar surface area (TPSA) is 39.4 Å². The summed E-state index contributed by atoms with van der Waals surface area (Å²) in [6.07, 6.45) is 0. The van der Waals surface area contributed by atoms with Crippen molar-refractivity contribution in [3.8, 4) is 0 Å². The van der Waals surface area contributed by atoms with E-state index in [2.05, 4.69) is 481 Å². The Bertz CT molecular complexity index is 5750. The van der Waals surface area contributed by atoms with Crippen LogP contribution in [-0.2, 0) is 56.4 Å². The Morgan fingerprint density at radius 3 is 0.205 bits per heavy atom. The molecule has 8 heterocycles. The molecule has 0 fully saturated rings. The van der Waals surface area contributed by atoms with Gasteiger partial charge in [0, 0.05) is 231 Å². The number of benzene rings is 16. The Morgan fingerprint density at radius 2 is 0.143 bits per heavy atom. The molecule has 0 atom stereocenters. The van der Waals surface area contributed by atoms with Crippen molar-refractivity contribution in [2.45, 2.75) is 0 Å². The van der Waals surface area contributed by atoms with Crippen LogP contribution in [0, 0.1) is 0 Å². The van der Waals surface area contributed by atoms with Crippen LogP contribution in [-0.4, -0.2) is 36.5 Å². The lowest BCUT2D eigenvalue weighted by atomic mass is 10.2. The van der Waals surface area contributed by atoms with Gasteiger partial charge in [-0.05, 0) is 97.1 Å². The van der Waals surface area contributed by atoms with Crippen LogP contribution in [0.5, 0.6) is 0 Å². The van der Waals surface area contributed by atoms with Crippen LogP contribution in [0.15, 0.2) is 388 Å². The molecule has 0 radical (unpaired) electrons. The van der Waals surface area contributed by atoms with Gasteiger partial charge in [0.2, 0.25) is 0 Å². The van der Waals surface area contributed by atoms with E-state index in [0.29, 0.717) is 0 Å². The third-order valence-corrected chi connectivity index (χ3v) is 22.6. The highest BCUT2D eigenvalue weighted by Gasteiger charge is 2.13. The molecule has 0 aliphatic heterocycles. The predicted molar refractivity (Wildman–Crippen MR) is 483 cm³/mol. The van der Waals surface area contributed by atoms with Crippen LogP contribution >= 0.6 is 0 Å². The fraction of sp³-hybridized carbons (Fsp3) is 0.0769. The van der Waals surface area contributed by atoms with E-state index in [1.807, 2.05) is 0 Å². The third-order valence-electron chi connectivity index (χ3n) is 22.6. The first-order valence-electron chi connectivity index (χ1n) is 38.4. The summed E-state index contributed by atoms with van der Waals surface area (Å²) in [5, 5.41) is 21.4. The first-order valence-corrected chi connectivity index (χ1v) is 38.4. The summed E-state index contributed by atoms with van der Waals surface area (Å²) >= 11 is 0. The second-order valence-corrected chi connectivity index (χ2v) is 28.7. The third kappa shape index (κ3) is 13.0. The molecule has 0 N–H and O–H groups in total. The molecule has 0 spiro atoms. The number of para-hydroxylation sites is 16. The van der Waals surface area contributed by atoms with E-state index in [-0.39, 0.29) is 0 Å². The van der Waals surface area contributed by atoms with E-state index in [9.17, 15) is 0 Å². The minimum absolute atomic E-state index is 1.30. The molecule has 0 unspecified atom stereocenters. The minimum Gasteiger partial charge on any atom is -0.344 e. The zero-order chi connectivity index (χ0) is 76.3. The van der Waals surface area contributed by atoms with Crippen LogP contribution in [0.1, 0.15) is 0 Å². The van der Waals surface area contributed by atoms with Gasteiger partial charge in [-0.3, -0.25) is 0 Å². The van der Waals surface area contributed by atoms with Gasteiger partial charge in [-0.1, -0.05) is 291 Å². The number of hydrogen-bond donors (Lipinski definition) is 0. The number of rotatable bonds is 0. The Labute approximate surface area is 651 Å². The molecule has 544 valence electrons. The largest absolute Gasteiger partial charge is 0.344 e. The quantitative estimate of drug-likeness (QED) is 0.145. The smallest absolute Gasteiger partial charge is 0.0488 e. The van der Waals surface area contributed by atoms with Gasteiger partial charge < -0.3 is 36.5 Å². The lowest BCUT2D eigenvalue weighted by Gasteiger charge is -1.95. The van der Waals surface area contributed by atoms with Crippen LogP contribution in [0.4, 0.5) is 0 Å². The molecule has 0 amide bonds. The maximum atomic E-state index is 2.24. The highest BCUT2D eigenvalue weighted by atomic mass is 15.0. The molecular weight excluding hydrogens is 1360 g/mol. The van der Waals surface area contributed by atoms with Crippen molar-refractivity contribution in [2.75, 3.05) is 0 Å². The normalized spacial score (nSPS) is 11.2. The molecule has 0 bridgehead atoms. The number of aromatic nitrogens is 8. The first kappa shape index (κ1) is 70.9. The summed E-state index contributed by atoms with van der Waals surface area (Å²) in [5.41, 5.74) is 20.8. The van der Waals surface area contributed by atoms with Gasteiger partial charge in [-0.15, -0.1) is 0 Å². The summed E-state index contributed by atoms with van der Waals surface area (Å²) in [4.78, 5) is 0. The molecular formula is C104H88N8. The lowest BCUT2D eigenvalue weighted by Crippen LogP contribution is -1.84. The standard InChI is InChI=1S/8C13H11N/c8*1-14-12-8-4-2-6-10(12)11-7-3-5-9-13(11)14/h8*2-9H,1H3. The summed E-state index contributed by atoms with van der Waals surface area (Å²) < 4.78 is 17.9. The van der Waals surface area contributed by atoms with Crippen LogP contribution in [0.3, 0.4) is 0 Å². The summed E-state index contributed by atoms with van der Waals surface area (Å²) in [7, 11) is 16.9. The maximum Gasteiger partial charge on any atom is 0.0488 e. The van der Waals surface area contributed by atoms with Gasteiger partial charge in [0.15, 0.2) is 0 Å². The fourth-order valence-corrected chi connectivity index (χ4v) is 16.9. The van der Waals surface area contributed by atoms with Gasteiger partial charge in [0.25, 0.3) is 0 Å². The predicted octanol–water partition coefficient (Wildman–Crippen LogP) is 26.7. The molecule has 16 aromatic carbocycles. The van der Waals surface area contributed by atoms with Gasteiger partial charge in [0.05, 0.1) is 0 Å². The van der Waals surface area contributed by atoms with Gasteiger partial charge in [-0.2, -0.15) is 0 Å². The molecule has 0 aliphatic rings. The van der Waals surface area contributed by atoms with E-state index < -0.39 is 0 Å². The average Bonchev–Trinajstić information content (AvgIpc) is 1.70. The molecule has 0 saturated heterocycles. The van der Waals surface area contributed by atoms with Crippen LogP contribution in [0.25, 0.3) is 174 Å². The molecule has 0 aliphatic carbocycles. The Balaban J connectivity index is 0.0000000929. The van der Waals surface area contributed by atoms with Crippen LogP contribution < -0.4 is 0 Å². The van der Waals surface area contributed by atoms with Crippen molar-refractivity contribution < 1.29 is 0 Å². The van der Waals surface area contributed by atoms with Gasteiger partial charge in [0.1, 0.15) is 0 Å². The van der Waals surface area contributed by atoms with Gasteiger partial charge in [-0.25, -0.2) is 0 Å². The SMILES string of the molecule is Cn1c2ccccc2c2ccccc21.Cn1c2ccccc2c2ccccc21.Cn1c2ccccc2c2ccccc21.Cn1c2ccccc2c2ccccc21.Cn1c2ccccc2c2ccccc21.Cn1c2ccccc2c2ccccc21.Cn1c2ccccc2c2ccccc21.Cn1c2ccccc2c2ccccc21. The summed E-state index contributed by atoms with van der Waals surface area (Å²) in [6, 6.07) is 136. The minimum atomic E-state index is 1.30. The van der Waals surface area contributed by atoms with E-state index >= 15 is 0 Å². The average molecular weight is 1450 g/mol. The zero-order valence-electron chi connectivity index (χ0n) is 64.5. The molecule has 0 saturated carbocycles. The number of aryl methyl sites for hydroxylation is 8. The fourth-order valence-electron chi connectivity index (χ4n) is 16.9. The lowest BCUT2D eigenvalue weighted by molar-refractivity contribution is 1.01. The van der Waals surface area contributed by atoms with E-state index in [1.165, 1.54) is 174 Å². The monoisotopic (exact) mass is 1450 g/mol. The van der Waals surface area contributed by atoms with Crippen molar-refractivity contribution >= 4 is 174 Å². The Morgan fingerprint density at radius 1 is 0.0893 bits per heavy atom. The molecule has 112 heavy (non-hydrogen) atoms. The van der Waals surface area contributed by atoms with Crippen LogP contribution in [0.2, 0.25) is 0 Å². The van der Waals surface area contributed by atoms with Gasteiger partial charge >= 0.3 is 0 Å². The zero-order valence-corrected chi connectivity index (χ0v) is 64.5. The van der Waals surface area contributed by atoms with Crippen molar-refractivity contribution in [3.63, 3.8) is 0 Å². The number of fused-ring (bicyclic) bond motifs is 24. The highest BCUT2D eigenvalue weighted by molar-refractivity contribution is 6.14.